The van der Waals surface area contributed by atoms with Crippen molar-refractivity contribution in [2.75, 3.05) is 13.2 Å². The lowest BCUT2D eigenvalue weighted by Gasteiger charge is -1.99. The van der Waals surface area contributed by atoms with E-state index in [0.29, 0.717) is 6.61 Å². The summed E-state index contributed by atoms with van der Waals surface area (Å²) in [5.74, 6) is 0. The number of hydrogen-bond donors (Lipinski definition) is 2. The van der Waals surface area contributed by atoms with Crippen LogP contribution in [0.15, 0.2) is 30.3 Å². The Hall–Kier alpha value is -0.860. The highest BCUT2D eigenvalue weighted by Crippen LogP contribution is 2.05. The Labute approximate surface area is 92.6 Å². The highest BCUT2D eigenvalue weighted by molar-refractivity contribution is 5.14. The zero-order chi connectivity index (χ0) is 11.4. The molecular formula is C13H22O2. The molecule has 0 aliphatic carbocycles. The van der Waals surface area contributed by atoms with Gasteiger partial charge >= 0.3 is 0 Å². The third kappa shape index (κ3) is 9.44. The molecule has 1 rings (SSSR count). The molecule has 86 valence electrons. The van der Waals surface area contributed by atoms with Gasteiger partial charge in [-0.3, -0.25) is 0 Å². The Kier molecular flexibility index (Phi) is 10.6. The van der Waals surface area contributed by atoms with Crippen molar-refractivity contribution in [2.45, 2.75) is 32.6 Å². The summed E-state index contributed by atoms with van der Waals surface area (Å²) in [6.07, 6.45) is 4.39. The average Bonchev–Trinajstić information content (AvgIpc) is 2.27. The van der Waals surface area contributed by atoms with E-state index in [9.17, 15) is 0 Å². The number of aryl methyl sites for hydroxylation is 1. The number of aliphatic hydroxyl groups is 2. The van der Waals surface area contributed by atoms with Crippen molar-refractivity contribution >= 4 is 0 Å². The maximum Gasteiger partial charge on any atom is 0.0431 e. The number of rotatable bonds is 5. The van der Waals surface area contributed by atoms with Crippen LogP contribution in [0.5, 0.6) is 0 Å². The van der Waals surface area contributed by atoms with E-state index in [1.165, 1.54) is 12.0 Å². The molecule has 0 unspecified atom stereocenters. The van der Waals surface area contributed by atoms with Gasteiger partial charge in [-0.15, -0.1) is 0 Å². The predicted molar refractivity (Wildman–Crippen MR) is 63.8 cm³/mol. The lowest BCUT2D eigenvalue weighted by Crippen LogP contribution is -1.87. The van der Waals surface area contributed by atoms with Gasteiger partial charge in [0.05, 0.1) is 0 Å². The highest BCUT2D eigenvalue weighted by atomic mass is 16.3. The van der Waals surface area contributed by atoms with Crippen LogP contribution in [-0.4, -0.2) is 23.4 Å². The molecule has 2 heteroatoms. The second-order valence-corrected chi connectivity index (χ2v) is 3.34. The molecule has 15 heavy (non-hydrogen) atoms. The van der Waals surface area contributed by atoms with Gasteiger partial charge in [-0.2, -0.15) is 0 Å². The molecule has 0 saturated heterocycles. The fourth-order valence-electron chi connectivity index (χ4n) is 1.26. The molecule has 0 aliphatic heterocycles. The first kappa shape index (κ1) is 14.1. The van der Waals surface area contributed by atoms with Crippen molar-refractivity contribution in [3.63, 3.8) is 0 Å². The summed E-state index contributed by atoms with van der Waals surface area (Å²) < 4.78 is 0. The second-order valence-electron chi connectivity index (χ2n) is 3.34. The van der Waals surface area contributed by atoms with Crippen LogP contribution in [0.2, 0.25) is 0 Å². The minimum atomic E-state index is 0.250. The van der Waals surface area contributed by atoms with Crippen molar-refractivity contribution in [3.8, 4) is 0 Å². The third-order valence-corrected chi connectivity index (χ3v) is 1.97. The molecule has 0 aromatic heterocycles. The molecule has 0 bridgehead atoms. The van der Waals surface area contributed by atoms with E-state index < -0.39 is 0 Å². The summed E-state index contributed by atoms with van der Waals surface area (Å²) >= 11 is 0. The third-order valence-electron chi connectivity index (χ3n) is 1.97. The number of unbranched alkanes of at least 4 members (excludes halogenated alkanes) is 2. The monoisotopic (exact) mass is 210 g/mol. The molecule has 2 nitrogen and oxygen atoms in total. The van der Waals surface area contributed by atoms with E-state index >= 15 is 0 Å². The van der Waals surface area contributed by atoms with Gasteiger partial charge in [0.1, 0.15) is 0 Å². The lowest BCUT2D eigenvalue weighted by molar-refractivity contribution is 0.283. The number of aliphatic hydroxyl groups excluding tert-OH is 2. The average molecular weight is 210 g/mol. The first-order valence-electron chi connectivity index (χ1n) is 5.60. The van der Waals surface area contributed by atoms with Gasteiger partial charge < -0.3 is 10.2 Å². The lowest BCUT2D eigenvalue weighted by atomic mass is 10.1. The van der Waals surface area contributed by atoms with E-state index in [-0.39, 0.29) is 6.61 Å². The molecule has 0 radical (unpaired) electrons. The van der Waals surface area contributed by atoms with E-state index in [2.05, 4.69) is 24.3 Å². The van der Waals surface area contributed by atoms with E-state index in [0.717, 1.165) is 19.3 Å². The molecule has 0 atom stereocenters. The first-order chi connectivity index (χ1) is 7.35. The molecule has 0 fully saturated rings. The SMILES string of the molecule is CCO.OCCCCCc1ccccc1. The van der Waals surface area contributed by atoms with Crippen LogP contribution < -0.4 is 0 Å². The molecule has 0 amide bonds. The first-order valence-corrected chi connectivity index (χ1v) is 5.60. The Balaban J connectivity index is 0.000000583. The summed E-state index contributed by atoms with van der Waals surface area (Å²) in [4.78, 5) is 0. The Morgan fingerprint density at radius 1 is 0.933 bits per heavy atom. The van der Waals surface area contributed by atoms with Crippen LogP contribution in [0.3, 0.4) is 0 Å². The standard InChI is InChI=1S/C11H16O.C2H6O/c12-10-6-2-5-9-11-7-3-1-4-8-11;1-2-3/h1,3-4,7-8,12H,2,5-6,9-10H2;3H,2H2,1H3. The van der Waals surface area contributed by atoms with Crippen LogP contribution >= 0.6 is 0 Å². The summed E-state index contributed by atoms with van der Waals surface area (Å²) in [7, 11) is 0. The van der Waals surface area contributed by atoms with Gasteiger partial charge in [0.2, 0.25) is 0 Å². The summed E-state index contributed by atoms with van der Waals surface area (Å²) in [6, 6.07) is 10.5. The molecule has 1 aromatic rings. The van der Waals surface area contributed by atoms with Crippen molar-refractivity contribution in [3.05, 3.63) is 35.9 Å². The van der Waals surface area contributed by atoms with Crippen LogP contribution in [0, 0.1) is 0 Å². The van der Waals surface area contributed by atoms with Gasteiger partial charge in [0.25, 0.3) is 0 Å². The molecule has 1 aromatic carbocycles. The smallest absolute Gasteiger partial charge is 0.0431 e. The van der Waals surface area contributed by atoms with E-state index in [1.54, 1.807) is 6.92 Å². The maximum atomic E-state index is 8.56. The maximum absolute atomic E-state index is 8.56. The Morgan fingerprint density at radius 3 is 2.07 bits per heavy atom. The van der Waals surface area contributed by atoms with Crippen molar-refractivity contribution in [1.82, 2.24) is 0 Å². The van der Waals surface area contributed by atoms with Crippen LogP contribution in [0.4, 0.5) is 0 Å². The van der Waals surface area contributed by atoms with E-state index in [1.807, 2.05) is 6.07 Å². The largest absolute Gasteiger partial charge is 0.397 e. The Morgan fingerprint density at radius 2 is 1.53 bits per heavy atom. The minimum absolute atomic E-state index is 0.250. The topological polar surface area (TPSA) is 40.5 Å². The van der Waals surface area contributed by atoms with Crippen molar-refractivity contribution in [2.24, 2.45) is 0 Å². The quantitative estimate of drug-likeness (QED) is 0.733. The van der Waals surface area contributed by atoms with Gasteiger partial charge in [-0.25, -0.2) is 0 Å². The summed E-state index contributed by atoms with van der Waals surface area (Å²) in [5.41, 5.74) is 1.40. The van der Waals surface area contributed by atoms with Crippen LogP contribution in [-0.2, 0) is 6.42 Å². The number of benzene rings is 1. The molecule has 0 aliphatic rings. The fourth-order valence-corrected chi connectivity index (χ4v) is 1.26. The van der Waals surface area contributed by atoms with Gasteiger partial charge in [0.15, 0.2) is 0 Å². The zero-order valence-corrected chi connectivity index (χ0v) is 9.52. The fraction of sp³-hybridized carbons (Fsp3) is 0.538. The van der Waals surface area contributed by atoms with Gasteiger partial charge in [0, 0.05) is 13.2 Å². The molecule has 0 spiro atoms. The van der Waals surface area contributed by atoms with E-state index in [4.69, 9.17) is 10.2 Å². The number of hydrogen-bond acceptors (Lipinski definition) is 2. The highest BCUT2D eigenvalue weighted by Gasteiger charge is 1.90. The normalized spacial score (nSPS) is 9.27. The van der Waals surface area contributed by atoms with Crippen LogP contribution in [0.25, 0.3) is 0 Å². The molecule has 0 heterocycles. The second kappa shape index (κ2) is 11.2. The molecule has 0 saturated carbocycles. The van der Waals surface area contributed by atoms with Crippen molar-refractivity contribution in [1.29, 1.82) is 0 Å². The molecular weight excluding hydrogens is 188 g/mol. The predicted octanol–water partition coefficient (Wildman–Crippen LogP) is 2.39. The minimum Gasteiger partial charge on any atom is -0.397 e. The summed E-state index contributed by atoms with van der Waals surface area (Å²) in [5, 5.41) is 16.1. The Bertz CT molecular complexity index is 209. The van der Waals surface area contributed by atoms with Gasteiger partial charge in [-0.1, -0.05) is 36.8 Å². The van der Waals surface area contributed by atoms with Crippen LogP contribution in [0.1, 0.15) is 31.7 Å². The van der Waals surface area contributed by atoms with Crippen molar-refractivity contribution < 1.29 is 10.2 Å². The zero-order valence-electron chi connectivity index (χ0n) is 9.52. The summed E-state index contributed by atoms with van der Waals surface area (Å²) in [6.45, 7) is 2.26. The van der Waals surface area contributed by atoms with Gasteiger partial charge in [-0.05, 0) is 31.7 Å². The molecule has 2 N–H and O–H groups in total.